The predicted octanol–water partition coefficient (Wildman–Crippen LogP) is 0.684. The Morgan fingerprint density at radius 2 is 2.11 bits per heavy atom. The fraction of sp³-hybridized carbons (Fsp3) is 0.923. The molecule has 2 heterocycles. The minimum atomic E-state index is 0.0458. The number of carbonyl (C=O) groups excluding carboxylic acids is 1. The first-order chi connectivity index (χ1) is 8.86. The average Bonchev–Trinajstić information content (AvgIpc) is 2.69. The fourth-order valence-electron chi connectivity index (χ4n) is 2.54. The maximum Gasteiger partial charge on any atom is 0.237 e. The van der Waals surface area contributed by atoms with E-state index in [0.717, 1.165) is 26.1 Å². The lowest BCUT2D eigenvalue weighted by Crippen LogP contribution is -2.46. The number of carbonyl (C=O) groups is 1. The van der Waals surface area contributed by atoms with E-state index in [4.69, 9.17) is 0 Å². The van der Waals surface area contributed by atoms with E-state index in [-0.39, 0.29) is 11.9 Å². The monoisotopic (exact) mass is 271 g/mol. The highest BCUT2D eigenvalue weighted by Crippen LogP contribution is 2.09. The molecule has 0 spiro atoms. The van der Waals surface area contributed by atoms with Crippen LogP contribution in [0.4, 0.5) is 0 Å². The van der Waals surface area contributed by atoms with Gasteiger partial charge < -0.3 is 10.6 Å². The number of nitrogens with one attached hydrogen (secondary N) is 2. The van der Waals surface area contributed by atoms with Gasteiger partial charge in [0.25, 0.3) is 0 Å². The summed E-state index contributed by atoms with van der Waals surface area (Å²) in [6.45, 7) is 5.12. The molecule has 0 radical (unpaired) electrons. The molecule has 2 rings (SSSR count). The lowest BCUT2D eigenvalue weighted by Gasteiger charge is -2.26. The first-order valence-corrected chi connectivity index (χ1v) is 8.33. The van der Waals surface area contributed by atoms with Crippen molar-refractivity contribution in [2.24, 2.45) is 0 Å². The van der Waals surface area contributed by atoms with Gasteiger partial charge in [-0.15, -0.1) is 0 Å². The van der Waals surface area contributed by atoms with Gasteiger partial charge in [-0.25, -0.2) is 0 Å². The zero-order chi connectivity index (χ0) is 12.6. The molecule has 0 bridgehead atoms. The van der Waals surface area contributed by atoms with Gasteiger partial charge in [0.05, 0.1) is 6.04 Å². The van der Waals surface area contributed by atoms with Gasteiger partial charge in [0, 0.05) is 37.7 Å². The number of hydrogen-bond donors (Lipinski definition) is 2. The topological polar surface area (TPSA) is 44.4 Å². The third-order valence-electron chi connectivity index (χ3n) is 3.71. The van der Waals surface area contributed by atoms with Crippen LogP contribution in [0.15, 0.2) is 0 Å². The van der Waals surface area contributed by atoms with Crippen LogP contribution in [0.3, 0.4) is 0 Å². The van der Waals surface area contributed by atoms with E-state index in [0.29, 0.717) is 0 Å². The molecule has 2 aliphatic heterocycles. The van der Waals surface area contributed by atoms with Crippen molar-refractivity contribution in [2.75, 3.05) is 44.2 Å². The summed E-state index contributed by atoms with van der Waals surface area (Å²) in [4.78, 5) is 14.4. The van der Waals surface area contributed by atoms with Crippen molar-refractivity contribution in [3.63, 3.8) is 0 Å². The molecule has 104 valence electrons. The van der Waals surface area contributed by atoms with E-state index in [2.05, 4.69) is 15.5 Å². The van der Waals surface area contributed by atoms with Crippen LogP contribution in [0.1, 0.15) is 25.7 Å². The third-order valence-corrected chi connectivity index (χ3v) is 4.65. The van der Waals surface area contributed by atoms with Crippen LogP contribution in [0.2, 0.25) is 0 Å². The summed E-state index contributed by atoms with van der Waals surface area (Å²) in [6.07, 6.45) is 4.62. The zero-order valence-electron chi connectivity index (χ0n) is 11.1. The molecule has 2 saturated heterocycles. The summed E-state index contributed by atoms with van der Waals surface area (Å²) in [6, 6.07) is 0.0458. The molecule has 0 saturated carbocycles. The Bertz CT molecular complexity index is 249. The van der Waals surface area contributed by atoms with E-state index in [1.54, 1.807) is 0 Å². The predicted molar refractivity (Wildman–Crippen MR) is 77.0 cm³/mol. The molecule has 0 aromatic carbocycles. The van der Waals surface area contributed by atoms with Crippen LogP contribution in [0, 0.1) is 0 Å². The lowest BCUT2D eigenvalue weighted by molar-refractivity contribution is -0.123. The van der Waals surface area contributed by atoms with E-state index in [1.165, 1.54) is 43.9 Å². The maximum absolute atomic E-state index is 12.0. The number of thioether (sulfide) groups is 1. The quantitative estimate of drug-likeness (QED) is 0.789. The second-order valence-electron chi connectivity index (χ2n) is 5.10. The second-order valence-corrected chi connectivity index (χ2v) is 6.33. The van der Waals surface area contributed by atoms with Gasteiger partial charge in [-0.1, -0.05) is 12.8 Å². The molecule has 0 aliphatic carbocycles. The largest absolute Gasteiger partial charge is 0.353 e. The summed E-state index contributed by atoms with van der Waals surface area (Å²) in [5, 5.41) is 6.42. The first-order valence-electron chi connectivity index (χ1n) is 7.17. The maximum atomic E-state index is 12.0. The Balaban J connectivity index is 1.61. The molecule has 1 unspecified atom stereocenters. The Kier molecular flexibility index (Phi) is 6.31. The van der Waals surface area contributed by atoms with Crippen molar-refractivity contribution in [3.8, 4) is 0 Å². The molecule has 2 fully saturated rings. The van der Waals surface area contributed by atoms with Gasteiger partial charge >= 0.3 is 0 Å². The van der Waals surface area contributed by atoms with E-state index < -0.39 is 0 Å². The Hall–Kier alpha value is -0.260. The Labute approximate surface area is 114 Å². The molecule has 0 aromatic heterocycles. The number of rotatable bonds is 4. The number of amides is 1. The third kappa shape index (κ3) is 4.78. The van der Waals surface area contributed by atoms with Crippen LogP contribution >= 0.6 is 11.8 Å². The molecule has 2 N–H and O–H groups in total. The molecular formula is C13H25N3OS. The Morgan fingerprint density at radius 3 is 2.94 bits per heavy atom. The van der Waals surface area contributed by atoms with Crippen molar-refractivity contribution >= 4 is 17.7 Å². The van der Waals surface area contributed by atoms with E-state index in [9.17, 15) is 4.79 Å². The van der Waals surface area contributed by atoms with Gasteiger partial charge in [0.2, 0.25) is 5.91 Å². The molecule has 1 atom stereocenters. The van der Waals surface area contributed by atoms with Crippen molar-refractivity contribution in [3.05, 3.63) is 0 Å². The molecule has 5 heteroatoms. The van der Waals surface area contributed by atoms with Crippen molar-refractivity contribution in [1.82, 2.24) is 15.5 Å². The van der Waals surface area contributed by atoms with Crippen molar-refractivity contribution in [1.29, 1.82) is 0 Å². The number of nitrogens with zero attached hydrogens (tertiary/aromatic N) is 1. The second kappa shape index (κ2) is 8.02. The molecule has 1 amide bonds. The van der Waals surface area contributed by atoms with Gasteiger partial charge in [-0.2, -0.15) is 11.8 Å². The summed E-state index contributed by atoms with van der Waals surface area (Å²) in [5.41, 5.74) is 0. The first kappa shape index (κ1) is 14.2. The fourth-order valence-corrected chi connectivity index (χ4v) is 3.52. The zero-order valence-corrected chi connectivity index (χ0v) is 11.9. The van der Waals surface area contributed by atoms with Gasteiger partial charge in [-0.3, -0.25) is 9.69 Å². The smallest absolute Gasteiger partial charge is 0.237 e. The minimum Gasteiger partial charge on any atom is -0.353 e. The van der Waals surface area contributed by atoms with Crippen LogP contribution in [-0.4, -0.2) is 61.1 Å². The highest BCUT2D eigenvalue weighted by atomic mass is 32.2. The molecule has 18 heavy (non-hydrogen) atoms. The summed E-state index contributed by atoms with van der Waals surface area (Å²) in [5.74, 6) is 2.67. The molecule has 2 aliphatic rings. The highest BCUT2D eigenvalue weighted by molar-refractivity contribution is 7.99. The molecular weight excluding hydrogens is 246 g/mol. The van der Waals surface area contributed by atoms with E-state index >= 15 is 0 Å². The van der Waals surface area contributed by atoms with E-state index in [1.807, 2.05) is 11.8 Å². The minimum absolute atomic E-state index is 0.0458. The van der Waals surface area contributed by atoms with Crippen molar-refractivity contribution in [2.45, 2.75) is 31.7 Å². The standard InChI is InChI=1S/C13H25N3OS/c17-13(12-4-2-1-3-5-14-12)15-6-7-16-8-10-18-11-9-16/h12,14H,1-11H2,(H,15,17). The summed E-state index contributed by atoms with van der Waals surface area (Å²) in [7, 11) is 0. The summed E-state index contributed by atoms with van der Waals surface area (Å²) < 4.78 is 0. The average molecular weight is 271 g/mol. The Morgan fingerprint density at radius 1 is 1.28 bits per heavy atom. The normalized spacial score (nSPS) is 26.6. The summed E-state index contributed by atoms with van der Waals surface area (Å²) >= 11 is 2.02. The van der Waals surface area contributed by atoms with Crippen LogP contribution in [0.25, 0.3) is 0 Å². The SMILES string of the molecule is O=C(NCCN1CCSCC1)C1CCCCCN1. The van der Waals surface area contributed by atoms with Gasteiger partial charge in [0.15, 0.2) is 0 Å². The number of hydrogen-bond acceptors (Lipinski definition) is 4. The van der Waals surface area contributed by atoms with Gasteiger partial charge in [0.1, 0.15) is 0 Å². The molecule has 0 aromatic rings. The van der Waals surface area contributed by atoms with Crippen LogP contribution in [0.5, 0.6) is 0 Å². The van der Waals surface area contributed by atoms with Crippen LogP contribution in [-0.2, 0) is 4.79 Å². The molecule has 4 nitrogen and oxygen atoms in total. The highest BCUT2D eigenvalue weighted by Gasteiger charge is 2.19. The lowest BCUT2D eigenvalue weighted by atomic mass is 10.1. The van der Waals surface area contributed by atoms with Crippen molar-refractivity contribution < 1.29 is 4.79 Å². The van der Waals surface area contributed by atoms with Crippen LogP contribution < -0.4 is 10.6 Å². The van der Waals surface area contributed by atoms with Gasteiger partial charge in [-0.05, 0) is 19.4 Å².